The molecule has 0 heterocycles. The van der Waals surface area contributed by atoms with Crippen LogP contribution >= 0.6 is 11.6 Å². The predicted molar refractivity (Wildman–Crippen MR) is 86.0 cm³/mol. The Balaban J connectivity index is 2.24. The van der Waals surface area contributed by atoms with Gasteiger partial charge in [0.25, 0.3) is 0 Å². The van der Waals surface area contributed by atoms with Crippen LogP contribution in [0.4, 0.5) is 4.39 Å². The minimum absolute atomic E-state index is 0.0700. The standard InChI is InChI=1S/C17H14ClFO4/c1-22-15-6-4-11(9-13(15)19)14(20)5-3-10-7-12(18)17(21)16(8-10)23-2/h3-9,21H,1-2H3/b5-3+. The van der Waals surface area contributed by atoms with Gasteiger partial charge >= 0.3 is 0 Å². The molecule has 0 amide bonds. The molecule has 0 radical (unpaired) electrons. The number of carbonyl (C=O) groups excluding carboxylic acids is 1. The first-order chi connectivity index (χ1) is 11.0. The highest BCUT2D eigenvalue weighted by Crippen LogP contribution is 2.35. The molecule has 0 saturated heterocycles. The largest absolute Gasteiger partial charge is 0.503 e. The number of carbonyl (C=O) groups is 1. The van der Waals surface area contributed by atoms with Gasteiger partial charge in [-0.25, -0.2) is 4.39 Å². The summed E-state index contributed by atoms with van der Waals surface area (Å²) in [5.41, 5.74) is 0.753. The molecule has 2 rings (SSSR count). The summed E-state index contributed by atoms with van der Waals surface area (Å²) in [5.74, 6) is -0.897. The van der Waals surface area contributed by atoms with E-state index >= 15 is 0 Å². The summed E-state index contributed by atoms with van der Waals surface area (Å²) in [6.45, 7) is 0. The number of phenols is 1. The molecule has 6 heteroatoms. The summed E-state index contributed by atoms with van der Waals surface area (Å²) in [7, 11) is 2.74. The van der Waals surface area contributed by atoms with Crippen LogP contribution in [0, 0.1) is 5.82 Å². The summed E-state index contributed by atoms with van der Waals surface area (Å²) in [4.78, 5) is 12.1. The molecule has 0 fully saturated rings. The molecule has 120 valence electrons. The zero-order chi connectivity index (χ0) is 17.0. The van der Waals surface area contributed by atoms with E-state index in [1.165, 1.54) is 50.6 Å². The third-order valence-corrected chi connectivity index (χ3v) is 3.42. The van der Waals surface area contributed by atoms with E-state index in [0.717, 1.165) is 6.07 Å². The molecule has 0 saturated carbocycles. The second-order valence-corrected chi connectivity index (χ2v) is 5.01. The maximum atomic E-state index is 13.6. The van der Waals surface area contributed by atoms with Gasteiger partial charge in [0.2, 0.25) is 0 Å². The van der Waals surface area contributed by atoms with Gasteiger partial charge in [-0.1, -0.05) is 17.7 Å². The number of benzene rings is 2. The van der Waals surface area contributed by atoms with Crippen LogP contribution in [0.2, 0.25) is 5.02 Å². The highest BCUT2D eigenvalue weighted by Gasteiger charge is 2.10. The summed E-state index contributed by atoms with van der Waals surface area (Å²) < 4.78 is 23.4. The lowest BCUT2D eigenvalue weighted by Gasteiger charge is -2.06. The van der Waals surface area contributed by atoms with Crippen LogP contribution in [0.25, 0.3) is 6.08 Å². The van der Waals surface area contributed by atoms with Crippen LogP contribution in [0.15, 0.2) is 36.4 Å². The molecule has 0 bridgehead atoms. The van der Waals surface area contributed by atoms with Crippen molar-refractivity contribution in [3.63, 3.8) is 0 Å². The van der Waals surface area contributed by atoms with E-state index in [9.17, 15) is 14.3 Å². The number of ether oxygens (including phenoxy) is 2. The summed E-state index contributed by atoms with van der Waals surface area (Å²) in [5, 5.41) is 9.76. The molecule has 1 N–H and O–H groups in total. The number of hydrogen-bond donors (Lipinski definition) is 1. The van der Waals surface area contributed by atoms with E-state index in [2.05, 4.69) is 0 Å². The van der Waals surface area contributed by atoms with Crippen LogP contribution in [-0.2, 0) is 0 Å². The van der Waals surface area contributed by atoms with Crippen LogP contribution in [0.5, 0.6) is 17.2 Å². The monoisotopic (exact) mass is 336 g/mol. The molecule has 0 aliphatic rings. The van der Waals surface area contributed by atoms with Crippen molar-refractivity contribution in [2.24, 2.45) is 0 Å². The van der Waals surface area contributed by atoms with Crippen molar-refractivity contribution in [2.45, 2.75) is 0 Å². The summed E-state index contributed by atoms with van der Waals surface area (Å²) in [6, 6.07) is 6.98. The van der Waals surface area contributed by atoms with Crippen molar-refractivity contribution in [3.05, 3.63) is 58.4 Å². The highest BCUT2D eigenvalue weighted by atomic mass is 35.5. The van der Waals surface area contributed by atoms with Crippen molar-refractivity contribution in [2.75, 3.05) is 14.2 Å². The smallest absolute Gasteiger partial charge is 0.185 e. The van der Waals surface area contributed by atoms with Crippen molar-refractivity contribution in [1.29, 1.82) is 0 Å². The Hall–Kier alpha value is -2.53. The van der Waals surface area contributed by atoms with E-state index in [4.69, 9.17) is 21.1 Å². The highest BCUT2D eigenvalue weighted by molar-refractivity contribution is 6.32. The minimum Gasteiger partial charge on any atom is -0.503 e. The predicted octanol–water partition coefficient (Wildman–Crippen LogP) is 4.10. The number of ketones is 1. The van der Waals surface area contributed by atoms with Crippen molar-refractivity contribution in [1.82, 2.24) is 0 Å². The van der Waals surface area contributed by atoms with Crippen LogP contribution in [-0.4, -0.2) is 25.1 Å². The van der Waals surface area contributed by atoms with Gasteiger partial charge in [0.15, 0.2) is 28.8 Å². The Morgan fingerprint density at radius 3 is 2.48 bits per heavy atom. The fourth-order valence-electron chi connectivity index (χ4n) is 1.93. The van der Waals surface area contributed by atoms with Gasteiger partial charge in [-0.3, -0.25) is 4.79 Å². The van der Waals surface area contributed by atoms with Gasteiger partial charge in [-0.15, -0.1) is 0 Å². The van der Waals surface area contributed by atoms with Crippen molar-refractivity contribution < 1.29 is 23.8 Å². The fraction of sp³-hybridized carbons (Fsp3) is 0.118. The van der Waals surface area contributed by atoms with Gasteiger partial charge < -0.3 is 14.6 Å². The Kier molecular flexibility index (Phi) is 5.24. The first kappa shape index (κ1) is 16.8. The molecule has 4 nitrogen and oxygen atoms in total. The van der Waals surface area contributed by atoms with E-state index in [1.807, 2.05) is 0 Å². The lowest BCUT2D eigenvalue weighted by Crippen LogP contribution is -1.97. The third-order valence-electron chi connectivity index (χ3n) is 3.13. The zero-order valence-corrected chi connectivity index (χ0v) is 13.2. The Bertz CT molecular complexity index is 771. The number of aromatic hydroxyl groups is 1. The molecular formula is C17H14ClFO4. The molecule has 2 aromatic rings. The SMILES string of the molecule is COc1ccc(C(=O)/C=C/c2cc(Cl)c(O)c(OC)c2)cc1F. The Morgan fingerprint density at radius 2 is 1.87 bits per heavy atom. The normalized spacial score (nSPS) is 10.8. The third kappa shape index (κ3) is 3.81. The first-order valence-electron chi connectivity index (χ1n) is 6.58. The quantitative estimate of drug-likeness (QED) is 0.659. The number of rotatable bonds is 5. The first-order valence-corrected chi connectivity index (χ1v) is 6.96. The van der Waals surface area contributed by atoms with E-state index in [0.29, 0.717) is 5.56 Å². The summed E-state index contributed by atoms with van der Waals surface area (Å²) in [6.07, 6.45) is 2.78. The van der Waals surface area contributed by atoms with Gasteiger partial charge in [0.05, 0.1) is 19.2 Å². The molecule has 23 heavy (non-hydrogen) atoms. The van der Waals surface area contributed by atoms with Crippen LogP contribution in [0.1, 0.15) is 15.9 Å². The topological polar surface area (TPSA) is 55.8 Å². The van der Waals surface area contributed by atoms with Crippen LogP contribution in [0.3, 0.4) is 0 Å². The second-order valence-electron chi connectivity index (χ2n) is 4.60. The molecule has 0 atom stereocenters. The van der Waals surface area contributed by atoms with E-state index in [1.54, 1.807) is 0 Å². The molecule has 0 aliphatic carbocycles. The average Bonchev–Trinajstić information content (AvgIpc) is 2.55. The average molecular weight is 337 g/mol. The maximum Gasteiger partial charge on any atom is 0.185 e. The van der Waals surface area contributed by atoms with Crippen molar-refractivity contribution in [3.8, 4) is 17.2 Å². The maximum absolute atomic E-state index is 13.6. The molecular weight excluding hydrogens is 323 g/mol. The van der Waals surface area contributed by atoms with Crippen molar-refractivity contribution >= 4 is 23.5 Å². The zero-order valence-electron chi connectivity index (χ0n) is 12.5. The van der Waals surface area contributed by atoms with Gasteiger partial charge in [-0.2, -0.15) is 0 Å². The molecule has 0 spiro atoms. The van der Waals surface area contributed by atoms with E-state index in [-0.39, 0.29) is 33.6 Å². The number of hydrogen-bond acceptors (Lipinski definition) is 4. The number of halogens is 2. The Morgan fingerprint density at radius 1 is 1.17 bits per heavy atom. The number of allylic oxidation sites excluding steroid dienone is 1. The van der Waals surface area contributed by atoms with E-state index < -0.39 is 5.82 Å². The fourth-order valence-corrected chi connectivity index (χ4v) is 2.15. The number of methoxy groups -OCH3 is 2. The Labute approximate surface area is 137 Å². The molecule has 0 unspecified atom stereocenters. The second kappa shape index (κ2) is 7.15. The lowest BCUT2D eigenvalue weighted by atomic mass is 10.1. The van der Waals surface area contributed by atoms with Gasteiger partial charge in [0, 0.05) is 5.56 Å². The molecule has 0 aliphatic heterocycles. The lowest BCUT2D eigenvalue weighted by molar-refractivity contribution is 0.104. The molecule has 0 aromatic heterocycles. The van der Waals surface area contributed by atoms with Crippen LogP contribution < -0.4 is 9.47 Å². The summed E-state index contributed by atoms with van der Waals surface area (Å²) >= 11 is 5.87. The molecule has 2 aromatic carbocycles. The number of phenolic OH excluding ortho intramolecular Hbond substituents is 1. The minimum atomic E-state index is -0.610. The van der Waals surface area contributed by atoms with Gasteiger partial charge in [0.1, 0.15) is 0 Å². The van der Waals surface area contributed by atoms with Gasteiger partial charge in [-0.05, 0) is 42.0 Å².